The van der Waals surface area contributed by atoms with E-state index in [1.165, 1.54) is 0 Å². The van der Waals surface area contributed by atoms with Crippen molar-refractivity contribution < 1.29 is 14.6 Å². The summed E-state index contributed by atoms with van der Waals surface area (Å²) >= 11 is 3.34. The zero-order valence-corrected chi connectivity index (χ0v) is 10.7. The molecule has 0 amide bonds. The van der Waals surface area contributed by atoms with Gasteiger partial charge in [0, 0.05) is 4.47 Å². The lowest BCUT2D eigenvalue weighted by Crippen LogP contribution is -2.27. The molecule has 3 nitrogen and oxygen atoms in total. The Morgan fingerprint density at radius 2 is 2.00 bits per heavy atom. The van der Waals surface area contributed by atoms with Crippen molar-refractivity contribution in [3.8, 4) is 11.5 Å². The third kappa shape index (κ3) is 4.10. The summed E-state index contributed by atoms with van der Waals surface area (Å²) < 4.78 is 11.5. The smallest absolute Gasteiger partial charge is 0.161 e. The molecule has 0 fully saturated rings. The zero-order chi connectivity index (χ0) is 11.5. The van der Waals surface area contributed by atoms with Gasteiger partial charge in [-0.2, -0.15) is 0 Å². The Morgan fingerprint density at radius 1 is 1.33 bits per heavy atom. The van der Waals surface area contributed by atoms with Crippen LogP contribution in [0.5, 0.6) is 11.5 Å². The molecule has 0 atom stereocenters. The van der Waals surface area contributed by atoms with E-state index in [4.69, 9.17) is 9.47 Å². The van der Waals surface area contributed by atoms with E-state index >= 15 is 0 Å². The van der Waals surface area contributed by atoms with Crippen molar-refractivity contribution >= 4 is 15.9 Å². The van der Waals surface area contributed by atoms with Crippen LogP contribution in [0, 0.1) is 0 Å². The molecule has 0 aliphatic carbocycles. The molecule has 0 heterocycles. The summed E-state index contributed by atoms with van der Waals surface area (Å²) in [5, 5.41) is 9.52. The van der Waals surface area contributed by atoms with Crippen LogP contribution in [0.4, 0.5) is 0 Å². The Labute approximate surface area is 98.1 Å². The second-order valence-corrected chi connectivity index (χ2v) is 4.81. The van der Waals surface area contributed by atoms with E-state index in [9.17, 15) is 5.11 Å². The van der Waals surface area contributed by atoms with Crippen LogP contribution in [0.2, 0.25) is 0 Å². The Bertz CT molecular complexity index is 331. The molecule has 1 rings (SSSR count). The number of ether oxygens (including phenoxy) is 2. The van der Waals surface area contributed by atoms with Gasteiger partial charge in [-0.15, -0.1) is 0 Å². The highest BCUT2D eigenvalue weighted by Gasteiger charge is 2.15. The molecular weight excluding hydrogens is 260 g/mol. The average molecular weight is 275 g/mol. The molecule has 0 aliphatic rings. The van der Waals surface area contributed by atoms with E-state index in [2.05, 4.69) is 15.9 Å². The first-order valence-electron chi connectivity index (χ1n) is 4.61. The van der Waals surface area contributed by atoms with Crippen LogP contribution in [0.15, 0.2) is 22.7 Å². The molecule has 0 saturated heterocycles. The van der Waals surface area contributed by atoms with E-state index < -0.39 is 5.60 Å². The molecule has 84 valence electrons. The van der Waals surface area contributed by atoms with Gasteiger partial charge in [0.25, 0.3) is 0 Å². The molecule has 0 aliphatic heterocycles. The zero-order valence-electron chi connectivity index (χ0n) is 9.08. The van der Waals surface area contributed by atoms with Crippen LogP contribution in [0.25, 0.3) is 0 Å². The molecule has 4 heteroatoms. The first-order valence-corrected chi connectivity index (χ1v) is 5.40. The minimum atomic E-state index is -0.849. The lowest BCUT2D eigenvalue weighted by Gasteiger charge is -2.19. The fourth-order valence-electron chi connectivity index (χ4n) is 1.02. The number of aliphatic hydroxyl groups is 1. The highest BCUT2D eigenvalue weighted by molar-refractivity contribution is 9.10. The van der Waals surface area contributed by atoms with Gasteiger partial charge in [0.2, 0.25) is 0 Å². The van der Waals surface area contributed by atoms with Crippen LogP contribution in [-0.2, 0) is 0 Å². The van der Waals surface area contributed by atoms with Crippen molar-refractivity contribution in [2.45, 2.75) is 19.4 Å². The van der Waals surface area contributed by atoms with Crippen molar-refractivity contribution in [2.24, 2.45) is 0 Å². The van der Waals surface area contributed by atoms with E-state index in [0.717, 1.165) is 4.47 Å². The lowest BCUT2D eigenvalue weighted by atomic mass is 10.2. The van der Waals surface area contributed by atoms with Crippen molar-refractivity contribution in [3.63, 3.8) is 0 Å². The maximum Gasteiger partial charge on any atom is 0.161 e. The highest BCUT2D eigenvalue weighted by atomic mass is 79.9. The van der Waals surface area contributed by atoms with Crippen molar-refractivity contribution in [1.82, 2.24) is 0 Å². The van der Waals surface area contributed by atoms with Gasteiger partial charge < -0.3 is 14.6 Å². The maximum absolute atomic E-state index is 9.52. The summed E-state index contributed by atoms with van der Waals surface area (Å²) in [6.07, 6.45) is 0. The van der Waals surface area contributed by atoms with E-state index in [-0.39, 0.29) is 6.61 Å². The quantitative estimate of drug-likeness (QED) is 0.918. The number of rotatable bonds is 4. The molecule has 0 aromatic heterocycles. The minimum absolute atomic E-state index is 0.227. The number of hydrogen-bond donors (Lipinski definition) is 1. The van der Waals surface area contributed by atoms with Gasteiger partial charge in [-0.05, 0) is 32.0 Å². The van der Waals surface area contributed by atoms with E-state index in [1.807, 2.05) is 12.1 Å². The van der Waals surface area contributed by atoms with Crippen LogP contribution in [0.3, 0.4) is 0 Å². The van der Waals surface area contributed by atoms with Gasteiger partial charge in [0.05, 0.1) is 12.7 Å². The first-order chi connectivity index (χ1) is 6.92. The second kappa shape index (κ2) is 4.86. The predicted molar refractivity (Wildman–Crippen MR) is 62.5 cm³/mol. The summed E-state index contributed by atoms with van der Waals surface area (Å²) in [4.78, 5) is 0. The third-order valence-corrected chi connectivity index (χ3v) is 2.20. The number of halogens is 1. The number of methoxy groups -OCH3 is 1. The normalized spacial score (nSPS) is 11.3. The van der Waals surface area contributed by atoms with Crippen LogP contribution < -0.4 is 9.47 Å². The van der Waals surface area contributed by atoms with Gasteiger partial charge in [-0.25, -0.2) is 0 Å². The second-order valence-electron chi connectivity index (χ2n) is 3.90. The van der Waals surface area contributed by atoms with Crippen molar-refractivity contribution in [2.75, 3.05) is 13.7 Å². The van der Waals surface area contributed by atoms with Crippen LogP contribution in [-0.4, -0.2) is 24.4 Å². The molecule has 0 spiro atoms. The fraction of sp³-hybridized carbons (Fsp3) is 0.455. The van der Waals surface area contributed by atoms with Crippen LogP contribution >= 0.6 is 15.9 Å². The molecule has 15 heavy (non-hydrogen) atoms. The van der Waals surface area contributed by atoms with E-state index in [1.54, 1.807) is 27.0 Å². The standard InChI is InChI=1S/C11H15BrO3/c1-11(2,13)7-15-9-5-4-8(12)6-10(9)14-3/h4-6,13H,7H2,1-3H3. The van der Waals surface area contributed by atoms with Crippen molar-refractivity contribution in [3.05, 3.63) is 22.7 Å². The molecule has 0 saturated carbocycles. The summed E-state index contributed by atoms with van der Waals surface area (Å²) in [7, 11) is 1.58. The van der Waals surface area contributed by atoms with Gasteiger partial charge in [-0.3, -0.25) is 0 Å². The van der Waals surface area contributed by atoms with Crippen LogP contribution in [0.1, 0.15) is 13.8 Å². The molecule has 0 bridgehead atoms. The Morgan fingerprint density at radius 3 is 2.53 bits per heavy atom. The largest absolute Gasteiger partial charge is 0.493 e. The number of hydrogen-bond acceptors (Lipinski definition) is 3. The topological polar surface area (TPSA) is 38.7 Å². The number of benzene rings is 1. The third-order valence-electron chi connectivity index (χ3n) is 1.71. The summed E-state index contributed by atoms with van der Waals surface area (Å²) in [6, 6.07) is 5.48. The summed E-state index contributed by atoms with van der Waals surface area (Å²) in [6.45, 7) is 3.61. The Balaban J connectivity index is 2.76. The molecule has 1 N–H and O–H groups in total. The molecule has 0 unspecified atom stereocenters. The maximum atomic E-state index is 9.52. The van der Waals surface area contributed by atoms with Gasteiger partial charge in [0.1, 0.15) is 6.61 Å². The highest BCUT2D eigenvalue weighted by Crippen LogP contribution is 2.30. The SMILES string of the molecule is COc1cc(Br)ccc1OCC(C)(C)O. The Kier molecular flexibility index (Phi) is 3.99. The fourth-order valence-corrected chi connectivity index (χ4v) is 1.36. The first kappa shape index (κ1) is 12.3. The molecule has 1 aromatic carbocycles. The molecule has 1 aromatic rings. The Hall–Kier alpha value is -0.740. The van der Waals surface area contributed by atoms with Gasteiger partial charge in [0.15, 0.2) is 11.5 Å². The predicted octanol–water partition coefficient (Wildman–Crippen LogP) is 2.61. The molecular formula is C11H15BrO3. The average Bonchev–Trinajstić information content (AvgIpc) is 2.14. The van der Waals surface area contributed by atoms with Gasteiger partial charge >= 0.3 is 0 Å². The van der Waals surface area contributed by atoms with Crippen molar-refractivity contribution in [1.29, 1.82) is 0 Å². The van der Waals surface area contributed by atoms with Gasteiger partial charge in [-0.1, -0.05) is 15.9 Å². The minimum Gasteiger partial charge on any atom is -0.493 e. The molecule has 0 radical (unpaired) electrons. The van der Waals surface area contributed by atoms with E-state index in [0.29, 0.717) is 11.5 Å². The monoisotopic (exact) mass is 274 g/mol. The summed E-state index contributed by atoms with van der Waals surface area (Å²) in [5.41, 5.74) is -0.849. The lowest BCUT2D eigenvalue weighted by molar-refractivity contribution is 0.0276. The summed E-state index contributed by atoms with van der Waals surface area (Å²) in [5.74, 6) is 1.27.